The third-order valence-corrected chi connectivity index (χ3v) is 5.54. The van der Waals surface area contributed by atoms with E-state index in [0.717, 1.165) is 11.3 Å². The number of para-hydroxylation sites is 1. The Morgan fingerprint density at radius 3 is 2.55 bits per heavy atom. The molecule has 1 aromatic carbocycles. The van der Waals surface area contributed by atoms with E-state index < -0.39 is 5.82 Å². The van der Waals surface area contributed by atoms with Crippen molar-refractivity contribution >= 4 is 11.8 Å². The molecule has 2 heterocycles. The Bertz CT molecular complexity index is 889. The van der Waals surface area contributed by atoms with Gasteiger partial charge in [0.05, 0.1) is 25.2 Å². The Morgan fingerprint density at radius 1 is 1.19 bits per heavy atom. The van der Waals surface area contributed by atoms with E-state index >= 15 is 0 Å². The Kier molecular flexibility index (Phi) is 7.62. The lowest BCUT2D eigenvalue weighted by Crippen LogP contribution is -2.51. The normalized spacial score (nSPS) is 14.5. The predicted octanol–water partition coefficient (Wildman–Crippen LogP) is 1.65. The van der Waals surface area contributed by atoms with Crippen LogP contribution in [0.3, 0.4) is 0 Å². The number of benzene rings is 1. The molecule has 168 valence electrons. The molecule has 2 amide bonds. The summed E-state index contributed by atoms with van der Waals surface area (Å²) in [6, 6.07) is 6.20. The lowest BCUT2D eigenvalue weighted by molar-refractivity contribution is -0.134. The molecule has 0 aliphatic carbocycles. The first-order valence-corrected chi connectivity index (χ1v) is 10.4. The van der Waals surface area contributed by atoms with Crippen LogP contribution in [0.4, 0.5) is 4.39 Å². The van der Waals surface area contributed by atoms with E-state index in [4.69, 9.17) is 9.26 Å². The van der Waals surface area contributed by atoms with Crippen molar-refractivity contribution < 1.29 is 23.2 Å². The fourth-order valence-electron chi connectivity index (χ4n) is 3.46. The monoisotopic (exact) mass is 432 g/mol. The predicted molar refractivity (Wildman–Crippen MR) is 112 cm³/mol. The number of carbonyl (C=O) groups is 2. The van der Waals surface area contributed by atoms with Gasteiger partial charge in [-0.2, -0.15) is 0 Å². The van der Waals surface area contributed by atoms with Gasteiger partial charge in [0, 0.05) is 38.8 Å². The summed E-state index contributed by atoms with van der Waals surface area (Å²) in [5.74, 6) is 0.450. The average molecular weight is 432 g/mol. The lowest BCUT2D eigenvalue weighted by atomic mass is 10.1. The molecule has 1 aliphatic rings. The zero-order valence-electron chi connectivity index (χ0n) is 18.3. The minimum atomic E-state index is -0.418. The summed E-state index contributed by atoms with van der Waals surface area (Å²) < 4.78 is 24.1. The van der Waals surface area contributed by atoms with Crippen molar-refractivity contribution in [1.82, 2.24) is 19.9 Å². The molecule has 0 bridgehead atoms. The molecule has 1 aliphatic heterocycles. The summed E-state index contributed by atoms with van der Waals surface area (Å²) in [4.78, 5) is 30.5. The summed E-state index contributed by atoms with van der Waals surface area (Å²) >= 11 is 0. The van der Waals surface area contributed by atoms with Crippen molar-refractivity contribution in [3.05, 3.63) is 47.1 Å². The van der Waals surface area contributed by atoms with Crippen molar-refractivity contribution in [2.75, 3.05) is 52.9 Å². The highest BCUT2D eigenvalue weighted by atomic mass is 19.1. The molecule has 2 aromatic rings. The molecular weight excluding hydrogens is 403 g/mol. The van der Waals surface area contributed by atoms with Crippen molar-refractivity contribution in [2.45, 2.75) is 20.3 Å². The largest absolute Gasteiger partial charge is 0.489 e. The van der Waals surface area contributed by atoms with E-state index in [2.05, 4.69) is 5.16 Å². The second-order valence-electron chi connectivity index (χ2n) is 7.73. The van der Waals surface area contributed by atoms with Gasteiger partial charge in [-0.15, -0.1) is 0 Å². The topological polar surface area (TPSA) is 79.1 Å². The molecule has 0 saturated carbocycles. The molecule has 9 heteroatoms. The number of halogens is 1. The number of rotatable bonds is 8. The Balaban J connectivity index is 1.38. The SMILES string of the molecule is Cc1noc(C)c1CC(=O)N1CCN(CC(=O)N(C)CCOc2ccccc2F)CC1. The second-order valence-corrected chi connectivity index (χ2v) is 7.73. The number of carbonyl (C=O) groups excluding carboxylic acids is 2. The van der Waals surface area contributed by atoms with Gasteiger partial charge in [-0.25, -0.2) is 4.39 Å². The summed E-state index contributed by atoms with van der Waals surface area (Å²) in [6.07, 6.45) is 0.283. The van der Waals surface area contributed by atoms with Gasteiger partial charge in [-0.3, -0.25) is 14.5 Å². The fraction of sp³-hybridized carbons (Fsp3) is 0.500. The van der Waals surface area contributed by atoms with E-state index in [-0.39, 0.29) is 37.1 Å². The fourth-order valence-corrected chi connectivity index (χ4v) is 3.46. The molecule has 1 fully saturated rings. The number of nitrogens with zero attached hydrogens (tertiary/aromatic N) is 4. The van der Waals surface area contributed by atoms with Gasteiger partial charge < -0.3 is 19.1 Å². The zero-order valence-corrected chi connectivity index (χ0v) is 18.3. The molecule has 0 spiro atoms. The molecule has 31 heavy (non-hydrogen) atoms. The Morgan fingerprint density at radius 2 is 1.90 bits per heavy atom. The van der Waals surface area contributed by atoms with Gasteiger partial charge in [0.1, 0.15) is 12.4 Å². The first kappa shape index (κ1) is 22.7. The first-order valence-electron chi connectivity index (χ1n) is 10.4. The van der Waals surface area contributed by atoms with Crippen LogP contribution in [-0.4, -0.2) is 84.6 Å². The number of piperazine rings is 1. The molecule has 1 aromatic heterocycles. The van der Waals surface area contributed by atoms with Gasteiger partial charge in [-0.1, -0.05) is 17.3 Å². The quantitative estimate of drug-likeness (QED) is 0.631. The number of hydrogen-bond donors (Lipinski definition) is 0. The second kappa shape index (κ2) is 10.4. The van der Waals surface area contributed by atoms with Gasteiger partial charge in [0.2, 0.25) is 11.8 Å². The molecule has 1 saturated heterocycles. The third kappa shape index (κ3) is 6.04. The van der Waals surface area contributed by atoms with Gasteiger partial charge >= 0.3 is 0 Å². The van der Waals surface area contributed by atoms with E-state index in [0.29, 0.717) is 38.5 Å². The van der Waals surface area contributed by atoms with Crippen LogP contribution in [0.15, 0.2) is 28.8 Å². The third-order valence-electron chi connectivity index (χ3n) is 5.54. The minimum absolute atomic E-state index is 0.0346. The van der Waals surface area contributed by atoms with E-state index in [1.54, 1.807) is 30.1 Å². The lowest BCUT2D eigenvalue weighted by Gasteiger charge is -2.35. The summed E-state index contributed by atoms with van der Waals surface area (Å²) in [6.45, 7) is 6.94. The number of hydrogen-bond acceptors (Lipinski definition) is 6. The maximum absolute atomic E-state index is 13.6. The molecular formula is C22H29FN4O4. The highest BCUT2D eigenvalue weighted by molar-refractivity contribution is 5.80. The highest BCUT2D eigenvalue weighted by Gasteiger charge is 2.25. The minimum Gasteiger partial charge on any atom is -0.489 e. The van der Waals surface area contributed by atoms with Gasteiger partial charge in [0.15, 0.2) is 11.6 Å². The van der Waals surface area contributed by atoms with Crippen molar-refractivity contribution in [3.63, 3.8) is 0 Å². The standard InChI is InChI=1S/C22H29FN4O4/c1-16-18(17(2)31-24-16)14-21(28)27-10-8-26(9-11-27)15-22(29)25(3)12-13-30-20-7-5-4-6-19(20)23/h4-7H,8-15H2,1-3H3. The smallest absolute Gasteiger partial charge is 0.236 e. The summed E-state index contributed by atoms with van der Waals surface area (Å²) in [5, 5.41) is 3.89. The van der Waals surface area contributed by atoms with E-state index in [9.17, 15) is 14.0 Å². The van der Waals surface area contributed by atoms with Crippen LogP contribution < -0.4 is 4.74 Å². The highest BCUT2D eigenvalue weighted by Crippen LogP contribution is 2.16. The summed E-state index contributed by atoms with van der Waals surface area (Å²) in [7, 11) is 1.70. The maximum atomic E-state index is 13.6. The number of aryl methyl sites for hydroxylation is 2. The molecule has 0 N–H and O–H groups in total. The number of ether oxygens (including phenoxy) is 1. The number of amides is 2. The zero-order chi connectivity index (χ0) is 22.4. The Labute approximate surface area is 181 Å². The van der Waals surface area contributed by atoms with E-state index in [1.807, 2.05) is 23.6 Å². The number of likely N-dealkylation sites (N-methyl/N-ethyl adjacent to an activating group) is 1. The van der Waals surface area contributed by atoms with Crippen LogP contribution in [0, 0.1) is 19.7 Å². The van der Waals surface area contributed by atoms with Gasteiger partial charge in [0.25, 0.3) is 0 Å². The van der Waals surface area contributed by atoms with Crippen LogP contribution in [-0.2, 0) is 16.0 Å². The molecule has 0 atom stereocenters. The van der Waals surface area contributed by atoms with Gasteiger partial charge in [-0.05, 0) is 26.0 Å². The number of aromatic nitrogens is 1. The molecule has 0 radical (unpaired) electrons. The van der Waals surface area contributed by atoms with Crippen LogP contribution in [0.5, 0.6) is 5.75 Å². The Hall–Kier alpha value is -2.94. The van der Waals surface area contributed by atoms with E-state index in [1.165, 1.54) is 6.07 Å². The molecule has 0 unspecified atom stereocenters. The van der Waals surface area contributed by atoms with Crippen LogP contribution in [0.1, 0.15) is 17.0 Å². The maximum Gasteiger partial charge on any atom is 0.236 e. The van der Waals surface area contributed by atoms with Crippen molar-refractivity contribution in [2.24, 2.45) is 0 Å². The first-order chi connectivity index (χ1) is 14.8. The van der Waals surface area contributed by atoms with Crippen LogP contribution in [0.25, 0.3) is 0 Å². The average Bonchev–Trinajstić information content (AvgIpc) is 3.07. The van der Waals surface area contributed by atoms with Crippen molar-refractivity contribution in [1.29, 1.82) is 0 Å². The van der Waals surface area contributed by atoms with Crippen molar-refractivity contribution in [3.8, 4) is 5.75 Å². The van der Waals surface area contributed by atoms with Crippen LogP contribution in [0.2, 0.25) is 0 Å². The molecule has 8 nitrogen and oxygen atoms in total. The summed E-state index contributed by atoms with van der Waals surface area (Å²) in [5.41, 5.74) is 1.60. The molecule has 3 rings (SSSR count). The van der Waals surface area contributed by atoms with Crippen LogP contribution >= 0.6 is 0 Å².